The van der Waals surface area contributed by atoms with E-state index in [1.807, 2.05) is 6.08 Å². The van der Waals surface area contributed by atoms with Crippen LogP contribution in [0.3, 0.4) is 0 Å². The Balaban J connectivity index is 1.65. The Morgan fingerprint density at radius 2 is 1.68 bits per heavy atom. The van der Waals surface area contributed by atoms with Gasteiger partial charge in [-0.05, 0) is 101 Å². The highest BCUT2D eigenvalue weighted by Gasteiger charge is 2.65. The number of fused-ring (bicyclic) bond motifs is 6. The highest BCUT2D eigenvalue weighted by atomic mass is 16.3. The average Bonchev–Trinajstić information content (AvgIpc) is 2.67. The monoisotopic (exact) mass is 422 g/mol. The van der Waals surface area contributed by atoms with Crippen molar-refractivity contribution in [1.82, 2.24) is 0 Å². The van der Waals surface area contributed by atoms with E-state index in [-0.39, 0.29) is 33.2 Å². The van der Waals surface area contributed by atoms with Gasteiger partial charge >= 0.3 is 0 Å². The second-order valence-electron chi connectivity index (χ2n) is 13.5. The molecule has 0 heterocycles. The molecule has 31 heavy (non-hydrogen) atoms. The van der Waals surface area contributed by atoms with Gasteiger partial charge < -0.3 is 5.11 Å². The fraction of sp³-hybridized carbons (Fsp3) is 0.759. The number of ketones is 1. The molecule has 2 nitrogen and oxygen atoms in total. The fourth-order valence-corrected chi connectivity index (χ4v) is 9.03. The Morgan fingerprint density at radius 1 is 0.968 bits per heavy atom. The molecule has 0 amide bonds. The van der Waals surface area contributed by atoms with Gasteiger partial charge in [0, 0.05) is 5.41 Å². The summed E-state index contributed by atoms with van der Waals surface area (Å²) in [7, 11) is 0. The molecule has 2 heteroatoms. The predicted octanol–water partition coefficient (Wildman–Crippen LogP) is 6.80. The molecule has 0 aromatic heterocycles. The van der Waals surface area contributed by atoms with Gasteiger partial charge in [0.1, 0.15) is 0 Å². The molecule has 0 unspecified atom stereocenters. The maximum absolute atomic E-state index is 12.7. The number of allylic oxidation sites excluding steroid dienone is 6. The van der Waals surface area contributed by atoms with Gasteiger partial charge in [-0.3, -0.25) is 4.79 Å². The van der Waals surface area contributed by atoms with E-state index in [1.165, 1.54) is 29.6 Å². The lowest BCUT2D eigenvalue weighted by Gasteiger charge is -2.68. The first-order chi connectivity index (χ1) is 14.3. The van der Waals surface area contributed by atoms with Crippen LogP contribution < -0.4 is 0 Å². The van der Waals surface area contributed by atoms with E-state index in [9.17, 15) is 9.90 Å². The molecule has 1 N–H and O–H groups in total. The Kier molecular flexibility index (Phi) is 4.37. The number of hydrogen-bond donors (Lipinski definition) is 1. The summed E-state index contributed by atoms with van der Waals surface area (Å²) in [6.45, 7) is 16.5. The van der Waals surface area contributed by atoms with Crippen LogP contribution in [0.25, 0.3) is 0 Å². The zero-order valence-corrected chi connectivity index (χ0v) is 20.8. The van der Waals surface area contributed by atoms with E-state index in [1.54, 1.807) is 0 Å². The summed E-state index contributed by atoms with van der Waals surface area (Å²) in [4.78, 5) is 12.7. The Bertz CT molecular complexity index is 930. The number of hydrogen-bond acceptors (Lipinski definition) is 2. The normalized spacial score (nSPS) is 47.7. The van der Waals surface area contributed by atoms with Gasteiger partial charge in [-0.1, -0.05) is 60.6 Å². The number of carbonyl (C=O) groups is 1. The van der Waals surface area contributed by atoms with Gasteiger partial charge in [0.15, 0.2) is 5.78 Å². The third-order valence-electron chi connectivity index (χ3n) is 11.4. The van der Waals surface area contributed by atoms with Crippen LogP contribution in [0.2, 0.25) is 0 Å². The van der Waals surface area contributed by atoms with E-state index in [0.29, 0.717) is 17.6 Å². The molecule has 0 radical (unpaired) electrons. The molecule has 5 aliphatic carbocycles. The SMILES string of the molecule is CC1(C)CC2=C3C=C[C@@H]4[C@@]5(C)CC[C@@H](O)C(C)(C)[C@H]5CC[C@@]4(C)[C@]3(C)CCC2=CC1=O. The van der Waals surface area contributed by atoms with E-state index in [2.05, 4.69) is 60.6 Å². The molecule has 6 atom stereocenters. The summed E-state index contributed by atoms with van der Waals surface area (Å²) < 4.78 is 0. The highest BCUT2D eigenvalue weighted by molar-refractivity contribution is 5.97. The van der Waals surface area contributed by atoms with Crippen LogP contribution in [-0.2, 0) is 4.79 Å². The maximum atomic E-state index is 12.7. The number of aliphatic hydroxyl groups excluding tert-OH is 1. The molecule has 5 aliphatic rings. The van der Waals surface area contributed by atoms with Crippen LogP contribution in [-0.4, -0.2) is 17.0 Å². The second-order valence-corrected chi connectivity index (χ2v) is 13.5. The van der Waals surface area contributed by atoms with Crippen molar-refractivity contribution in [2.45, 2.75) is 99.5 Å². The van der Waals surface area contributed by atoms with Gasteiger partial charge in [0.05, 0.1) is 6.10 Å². The third kappa shape index (κ3) is 2.58. The third-order valence-corrected chi connectivity index (χ3v) is 11.4. The topological polar surface area (TPSA) is 37.3 Å². The average molecular weight is 423 g/mol. The van der Waals surface area contributed by atoms with Crippen LogP contribution in [0.15, 0.2) is 34.9 Å². The Hall–Kier alpha value is -1.15. The van der Waals surface area contributed by atoms with E-state index in [4.69, 9.17) is 0 Å². The molecule has 0 aromatic carbocycles. The van der Waals surface area contributed by atoms with Gasteiger partial charge in [-0.25, -0.2) is 0 Å². The molecule has 170 valence electrons. The van der Waals surface area contributed by atoms with Gasteiger partial charge in [-0.15, -0.1) is 0 Å². The molecule has 0 aliphatic heterocycles. The van der Waals surface area contributed by atoms with E-state index in [0.717, 1.165) is 32.1 Å². The zero-order chi connectivity index (χ0) is 22.6. The van der Waals surface area contributed by atoms with E-state index < -0.39 is 0 Å². The summed E-state index contributed by atoms with van der Waals surface area (Å²) in [5, 5.41) is 10.8. The summed E-state index contributed by atoms with van der Waals surface area (Å²) in [5.74, 6) is 1.41. The smallest absolute Gasteiger partial charge is 0.161 e. The van der Waals surface area contributed by atoms with Crippen molar-refractivity contribution in [2.75, 3.05) is 0 Å². The van der Waals surface area contributed by atoms with Gasteiger partial charge in [0.25, 0.3) is 0 Å². The minimum Gasteiger partial charge on any atom is -0.393 e. The fourth-order valence-electron chi connectivity index (χ4n) is 9.03. The van der Waals surface area contributed by atoms with Crippen molar-refractivity contribution in [1.29, 1.82) is 0 Å². The standard InChI is InChI=1S/C29H42O2/c1-25(2)17-19-18(16-24(25)31)10-14-28(6)20(19)8-9-22-27(5)13-12-23(30)26(3,4)21(27)11-15-29(22,28)7/h8-9,16,21-23,30H,10-15,17H2,1-7H3/t21-,22-,23-,27+,28-,29-/m1/s1. The van der Waals surface area contributed by atoms with Crippen LogP contribution in [0.4, 0.5) is 0 Å². The minimum atomic E-state index is -0.289. The summed E-state index contributed by atoms with van der Waals surface area (Å²) >= 11 is 0. The van der Waals surface area contributed by atoms with Crippen molar-refractivity contribution < 1.29 is 9.90 Å². The summed E-state index contributed by atoms with van der Waals surface area (Å²) in [6.07, 6.45) is 14.4. The van der Waals surface area contributed by atoms with Gasteiger partial charge in [-0.2, -0.15) is 0 Å². The number of aliphatic hydroxyl groups is 1. The molecular weight excluding hydrogens is 380 g/mol. The lowest BCUT2D eigenvalue weighted by atomic mass is 9.36. The van der Waals surface area contributed by atoms with E-state index >= 15 is 0 Å². The molecule has 0 saturated heterocycles. The number of carbonyl (C=O) groups excluding carboxylic acids is 1. The van der Waals surface area contributed by atoms with Gasteiger partial charge in [0.2, 0.25) is 0 Å². The quantitative estimate of drug-likeness (QED) is 0.466. The highest BCUT2D eigenvalue weighted by Crippen LogP contribution is 2.72. The lowest BCUT2D eigenvalue weighted by Crippen LogP contribution is -2.62. The largest absolute Gasteiger partial charge is 0.393 e. The van der Waals surface area contributed by atoms with Crippen LogP contribution in [0.1, 0.15) is 93.4 Å². The zero-order valence-electron chi connectivity index (χ0n) is 20.8. The summed E-state index contributed by atoms with van der Waals surface area (Å²) in [6, 6.07) is 0. The summed E-state index contributed by atoms with van der Waals surface area (Å²) in [5.41, 5.74) is 4.63. The number of rotatable bonds is 0. The molecule has 0 spiro atoms. The van der Waals surface area contributed by atoms with Crippen LogP contribution in [0.5, 0.6) is 0 Å². The first-order valence-electron chi connectivity index (χ1n) is 12.6. The van der Waals surface area contributed by atoms with Crippen molar-refractivity contribution in [3.63, 3.8) is 0 Å². The van der Waals surface area contributed by atoms with Crippen molar-refractivity contribution in [3.05, 3.63) is 34.9 Å². The van der Waals surface area contributed by atoms with Crippen molar-refractivity contribution in [2.24, 2.45) is 38.9 Å². The lowest BCUT2D eigenvalue weighted by molar-refractivity contribution is -0.180. The van der Waals surface area contributed by atoms with Crippen molar-refractivity contribution >= 4 is 5.78 Å². The van der Waals surface area contributed by atoms with Crippen LogP contribution in [0, 0.1) is 38.9 Å². The Morgan fingerprint density at radius 3 is 2.39 bits per heavy atom. The second kappa shape index (κ2) is 6.25. The molecule has 2 fully saturated rings. The minimum absolute atomic E-state index is 0.0158. The Labute approximate surface area is 189 Å². The molecule has 5 rings (SSSR count). The first-order valence-corrected chi connectivity index (χ1v) is 12.6. The molecule has 2 saturated carbocycles. The molecular formula is C29H42O2. The first kappa shape index (κ1) is 21.7. The maximum Gasteiger partial charge on any atom is 0.161 e. The molecule has 0 aromatic rings. The van der Waals surface area contributed by atoms with Crippen molar-refractivity contribution in [3.8, 4) is 0 Å². The predicted molar refractivity (Wildman–Crippen MR) is 126 cm³/mol. The van der Waals surface area contributed by atoms with Crippen LogP contribution >= 0.6 is 0 Å². The molecule has 0 bridgehead atoms.